The molecule has 37 heavy (non-hydrogen) atoms. The Morgan fingerprint density at radius 2 is 1.38 bits per heavy atom. The maximum atomic E-state index is 12.7. The number of hydrogen-bond donors (Lipinski definition) is 2. The summed E-state index contributed by atoms with van der Waals surface area (Å²) in [4.78, 5) is 48.9. The van der Waals surface area contributed by atoms with Crippen LogP contribution in [0.2, 0.25) is 0 Å². The van der Waals surface area contributed by atoms with Crippen molar-refractivity contribution in [2.45, 2.75) is 91.2 Å². The lowest BCUT2D eigenvalue weighted by atomic mass is 10.1. The predicted molar refractivity (Wildman–Crippen MR) is 147 cm³/mol. The molecular formula is C26H40N2O7S2. The summed E-state index contributed by atoms with van der Waals surface area (Å²) in [5, 5.41) is 5.21. The van der Waals surface area contributed by atoms with Gasteiger partial charge in [0.05, 0.1) is 6.04 Å². The van der Waals surface area contributed by atoms with Crippen LogP contribution in [-0.4, -0.2) is 58.7 Å². The van der Waals surface area contributed by atoms with E-state index in [2.05, 4.69) is 10.6 Å². The summed E-state index contributed by atoms with van der Waals surface area (Å²) >= 11 is 0. The maximum Gasteiger partial charge on any atom is 0.408 e. The fourth-order valence-corrected chi connectivity index (χ4v) is 5.05. The number of alkyl carbamates (subject to hydrolysis) is 2. The van der Waals surface area contributed by atoms with Gasteiger partial charge in [-0.25, -0.2) is 14.4 Å². The Morgan fingerprint density at radius 3 is 1.89 bits per heavy atom. The molecular weight excluding hydrogens is 516 g/mol. The smallest absolute Gasteiger partial charge is 0.408 e. The molecule has 0 fully saturated rings. The monoisotopic (exact) mass is 556 g/mol. The van der Waals surface area contributed by atoms with Crippen LogP contribution in [0.25, 0.3) is 0 Å². The van der Waals surface area contributed by atoms with Gasteiger partial charge in [-0.3, -0.25) is 4.79 Å². The number of Topliss-reactive ketones (excluding diaryl/α,β-unsaturated/α-hetero) is 1. The standard InChI is InChI=1S/C26H40N2O7S2/c1-18(29)20(27-23(31)34-25(2,3)4)14-11-15-36-37-17-21(28-24(32)35-26(5,6)7)22(30)33-16-19-12-9-8-10-13-19/h8-10,12-13,20-21H,11,14-17H2,1-7H3,(H,27,31)(H,28,32)/t20-,21?/m0/s1. The van der Waals surface area contributed by atoms with E-state index >= 15 is 0 Å². The van der Waals surface area contributed by atoms with Crippen molar-refractivity contribution >= 4 is 45.5 Å². The van der Waals surface area contributed by atoms with Crippen molar-refractivity contribution in [1.82, 2.24) is 10.6 Å². The molecule has 1 aromatic carbocycles. The third kappa shape index (κ3) is 16.1. The van der Waals surface area contributed by atoms with Crippen LogP contribution < -0.4 is 10.6 Å². The number of carbonyl (C=O) groups excluding carboxylic acids is 4. The minimum absolute atomic E-state index is 0.0983. The van der Waals surface area contributed by atoms with E-state index in [0.29, 0.717) is 18.6 Å². The molecule has 0 aliphatic heterocycles. The lowest BCUT2D eigenvalue weighted by molar-refractivity contribution is -0.146. The molecule has 1 aromatic rings. The zero-order chi connectivity index (χ0) is 28.1. The molecule has 0 saturated heterocycles. The van der Waals surface area contributed by atoms with Gasteiger partial charge in [-0.15, -0.1) is 0 Å². The van der Waals surface area contributed by atoms with E-state index in [1.165, 1.54) is 28.5 Å². The van der Waals surface area contributed by atoms with E-state index in [1.54, 1.807) is 41.5 Å². The first-order chi connectivity index (χ1) is 17.2. The van der Waals surface area contributed by atoms with Crippen LogP contribution in [0.5, 0.6) is 0 Å². The molecule has 9 nitrogen and oxygen atoms in total. The minimum Gasteiger partial charge on any atom is -0.459 e. The Labute approximate surface area is 227 Å². The quantitative estimate of drug-likeness (QED) is 0.145. The molecule has 1 unspecified atom stereocenters. The normalized spacial score (nSPS) is 13.2. The number of amides is 2. The van der Waals surface area contributed by atoms with Gasteiger partial charge in [0.25, 0.3) is 0 Å². The van der Waals surface area contributed by atoms with Crippen LogP contribution in [0.1, 0.15) is 66.9 Å². The molecule has 0 aliphatic rings. The number of rotatable bonds is 13. The summed E-state index contributed by atoms with van der Waals surface area (Å²) in [6, 6.07) is 7.75. The van der Waals surface area contributed by atoms with Crippen molar-refractivity contribution in [1.29, 1.82) is 0 Å². The first-order valence-corrected chi connectivity index (χ1v) is 14.6. The lowest BCUT2D eigenvalue weighted by Crippen LogP contribution is -2.45. The fraction of sp³-hybridized carbons (Fsp3) is 0.615. The number of ether oxygens (including phenoxy) is 3. The van der Waals surface area contributed by atoms with Gasteiger partial charge in [0.2, 0.25) is 0 Å². The molecule has 0 aromatic heterocycles. The highest BCUT2D eigenvalue weighted by Gasteiger charge is 2.26. The highest BCUT2D eigenvalue weighted by molar-refractivity contribution is 8.76. The van der Waals surface area contributed by atoms with Crippen LogP contribution in [0.4, 0.5) is 9.59 Å². The van der Waals surface area contributed by atoms with Crippen molar-refractivity contribution in [3.8, 4) is 0 Å². The molecule has 11 heteroatoms. The molecule has 0 spiro atoms. The molecule has 1 rings (SSSR count). The Morgan fingerprint density at radius 1 is 0.838 bits per heavy atom. The van der Waals surface area contributed by atoms with Gasteiger partial charge in [0.1, 0.15) is 23.9 Å². The highest BCUT2D eigenvalue weighted by atomic mass is 33.1. The van der Waals surface area contributed by atoms with E-state index in [-0.39, 0.29) is 18.1 Å². The molecule has 2 amide bonds. The van der Waals surface area contributed by atoms with Crippen LogP contribution in [-0.2, 0) is 30.4 Å². The number of benzene rings is 1. The van der Waals surface area contributed by atoms with Gasteiger partial charge in [0.15, 0.2) is 5.78 Å². The number of carbonyl (C=O) groups is 4. The zero-order valence-electron chi connectivity index (χ0n) is 22.8. The molecule has 0 heterocycles. The largest absolute Gasteiger partial charge is 0.459 e. The van der Waals surface area contributed by atoms with E-state index in [4.69, 9.17) is 14.2 Å². The van der Waals surface area contributed by atoms with E-state index in [0.717, 1.165) is 5.56 Å². The number of hydrogen-bond acceptors (Lipinski definition) is 9. The van der Waals surface area contributed by atoms with Crippen molar-refractivity contribution in [2.75, 3.05) is 11.5 Å². The molecule has 2 atom stereocenters. The maximum absolute atomic E-state index is 12.7. The van der Waals surface area contributed by atoms with Gasteiger partial charge in [-0.1, -0.05) is 51.9 Å². The number of esters is 1. The molecule has 208 valence electrons. The lowest BCUT2D eigenvalue weighted by Gasteiger charge is -2.23. The Bertz CT molecular complexity index is 883. The van der Waals surface area contributed by atoms with Crippen molar-refractivity contribution in [3.05, 3.63) is 35.9 Å². The average Bonchev–Trinajstić information content (AvgIpc) is 2.76. The van der Waals surface area contributed by atoms with E-state index in [1.807, 2.05) is 30.3 Å². The van der Waals surface area contributed by atoms with Crippen LogP contribution in [0.3, 0.4) is 0 Å². The van der Waals surface area contributed by atoms with Crippen molar-refractivity contribution in [2.24, 2.45) is 0 Å². The minimum atomic E-state index is -0.894. The van der Waals surface area contributed by atoms with E-state index < -0.39 is 41.4 Å². The molecule has 0 aliphatic carbocycles. The Kier molecular flexibility index (Phi) is 13.9. The summed E-state index contributed by atoms with van der Waals surface area (Å²) in [7, 11) is 2.90. The van der Waals surface area contributed by atoms with Crippen LogP contribution in [0, 0.1) is 0 Å². The molecule has 0 radical (unpaired) electrons. The summed E-state index contributed by atoms with van der Waals surface area (Å²) in [6.45, 7) is 12.0. The third-order valence-electron chi connectivity index (χ3n) is 4.42. The van der Waals surface area contributed by atoms with Gasteiger partial charge in [-0.05, 0) is 66.9 Å². The summed E-state index contributed by atoms with van der Waals surface area (Å²) in [5.74, 6) is 0.235. The van der Waals surface area contributed by atoms with Crippen LogP contribution in [0.15, 0.2) is 30.3 Å². The number of ketones is 1. The molecule has 0 saturated carbocycles. The van der Waals surface area contributed by atoms with Gasteiger partial charge in [-0.2, -0.15) is 0 Å². The summed E-state index contributed by atoms with van der Waals surface area (Å²) in [6.07, 6.45) is -0.210. The number of nitrogens with one attached hydrogen (secondary N) is 2. The first-order valence-electron chi connectivity index (χ1n) is 12.1. The van der Waals surface area contributed by atoms with E-state index in [9.17, 15) is 19.2 Å². The summed E-state index contributed by atoms with van der Waals surface area (Å²) < 4.78 is 15.9. The fourth-order valence-electron chi connectivity index (χ4n) is 2.80. The second-order valence-electron chi connectivity index (χ2n) is 10.4. The van der Waals surface area contributed by atoms with Crippen molar-refractivity contribution < 1.29 is 33.4 Å². The predicted octanol–water partition coefficient (Wildman–Crippen LogP) is 5.27. The topological polar surface area (TPSA) is 120 Å². The Balaban J connectivity index is 2.54. The van der Waals surface area contributed by atoms with Gasteiger partial charge >= 0.3 is 18.2 Å². The SMILES string of the molecule is CC(=O)[C@H](CCCSSCC(NC(=O)OC(C)(C)C)C(=O)OCc1ccccc1)NC(=O)OC(C)(C)C. The van der Waals surface area contributed by atoms with Gasteiger partial charge in [0, 0.05) is 11.5 Å². The van der Waals surface area contributed by atoms with Crippen LogP contribution >= 0.6 is 21.6 Å². The van der Waals surface area contributed by atoms with Crippen molar-refractivity contribution in [3.63, 3.8) is 0 Å². The average molecular weight is 557 g/mol. The first kappa shape index (κ1) is 32.6. The second-order valence-corrected chi connectivity index (χ2v) is 13.0. The second kappa shape index (κ2) is 15.8. The molecule has 2 N–H and O–H groups in total. The third-order valence-corrected chi connectivity index (χ3v) is 6.92. The zero-order valence-corrected chi connectivity index (χ0v) is 24.4. The molecule has 0 bridgehead atoms. The highest BCUT2D eigenvalue weighted by Crippen LogP contribution is 2.24. The summed E-state index contributed by atoms with van der Waals surface area (Å²) in [5.41, 5.74) is -0.510. The van der Waals surface area contributed by atoms with Gasteiger partial charge < -0.3 is 24.8 Å². The Hall–Kier alpha value is -2.40.